The molecule has 9 nitrogen and oxygen atoms in total. The van der Waals surface area contributed by atoms with E-state index in [9.17, 15) is 26.4 Å². The number of rotatable bonds is 9. The van der Waals surface area contributed by atoms with Gasteiger partial charge in [0.25, 0.3) is 10.0 Å². The number of esters is 1. The van der Waals surface area contributed by atoms with E-state index in [1.807, 2.05) is 6.92 Å². The lowest BCUT2D eigenvalue weighted by Crippen LogP contribution is -2.28. The van der Waals surface area contributed by atoms with Crippen molar-refractivity contribution in [1.29, 1.82) is 0 Å². The Kier molecular flexibility index (Phi) is 8.78. The molecule has 1 aliphatic rings. The predicted octanol–water partition coefficient (Wildman–Crippen LogP) is 6.15. The van der Waals surface area contributed by atoms with Gasteiger partial charge in [-0.1, -0.05) is 30.6 Å². The first-order valence-corrected chi connectivity index (χ1v) is 14.6. The van der Waals surface area contributed by atoms with Gasteiger partial charge in [-0.15, -0.1) is 0 Å². The second-order valence-corrected chi connectivity index (χ2v) is 11.8. The minimum absolute atomic E-state index is 0.0379. The van der Waals surface area contributed by atoms with Gasteiger partial charge in [0, 0.05) is 12.1 Å². The zero-order valence-electron chi connectivity index (χ0n) is 21.9. The van der Waals surface area contributed by atoms with Crippen LogP contribution in [0.4, 0.5) is 24.0 Å². The Labute approximate surface area is 233 Å². The Morgan fingerprint density at radius 2 is 1.68 bits per heavy atom. The number of halogens is 3. The van der Waals surface area contributed by atoms with Crippen LogP contribution in [0.5, 0.6) is 17.2 Å². The summed E-state index contributed by atoms with van der Waals surface area (Å²) in [6.45, 7) is 1.86. The van der Waals surface area contributed by atoms with Gasteiger partial charge in [-0.2, -0.15) is 13.2 Å². The summed E-state index contributed by atoms with van der Waals surface area (Å²) in [6.07, 6.45) is 0.543. The molecule has 0 radical (unpaired) electrons. The summed E-state index contributed by atoms with van der Waals surface area (Å²) in [5.41, 5.74) is 1.34. The van der Waals surface area contributed by atoms with Crippen molar-refractivity contribution >= 4 is 38.1 Å². The molecule has 1 heterocycles. The molecular weight excluding hydrogens is 571 g/mol. The summed E-state index contributed by atoms with van der Waals surface area (Å²) in [4.78, 5) is 16.5. The third-order valence-electron chi connectivity index (χ3n) is 6.29. The number of aromatic nitrogens is 1. The van der Waals surface area contributed by atoms with Gasteiger partial charge in [-0.3, -0.25) is 4.72 Å². The standard InChI is InChI=1S/C26H28F3N3O6S2/c1-15-23(39-25(30-15)31-17-7-5-4-6-8-17)16-9-11-20(36-2)22(13-16)40(34,35)32-18-10-12-19(21(14-18)37-3)38-24(33)26(27,28)29/h9-14,17,32H,4-8H2,1-3H3,(H,30,31). The van der Waals surface area contributed by atoms with Gasteiger partial charge >= 0.3 is 12.1 Å². The molecule has 2 aromatic carbocycles. The second kappa shape index (κ2) is 11.9. The van der Waals surface area contributed by atoms with Crippen LogP contribution >= 0.6 is 11.3 Å². The molecule has 0 saturated heterocycles. The van der Waals surface area contributed by atoms with Crippen molar-refractivity contribution in [3.63, 3.8) is 0 Å². The van der Waals surface area contributed by atoms with E-state index in [1.165, 1.54) is 49.8 Å². The number of nitrogens with zero attached hydrogens (tertiary/aromatic N) is 1. The number of nitrogens with one attached hydrogen (secondary N) is 2. The number of benzene rings is 2. The molecule has 0 amide bonds. The van der Waals surface area contributed by atoms with Gasteiger partial charge in [0.15, 0.2) is 16.6 Å². The Balaban J connectivity index is 1.60. The van der Waals surface area contributed by atoms with Crippen LogP contribution in [0, 0.1) is 6.92 Å². The lowest BCUT2D eigenvalue weighted by molar-refractivity contribution is -0.189. The average molecular weight is 600 g/mol. The molecule has 14 heteroatoms. The van der Waals surface area contributed by atoms with E-state index in [0.29, 0.717) is 11.6 Å². The van der Waals surface area contributed by atoms with Crippen molar-refractivity contribution in [3.8, 4) is 27.7 Å². The Morgan fingerprint density at radius 3 is 2.33 bits per heavy atom. The number of ether oxygens (including phenoxy) is 3. The summed E-state index contributed by atoms with van der Waals surface area (Å²) >= 11 is 1.44. The molecule has 0 aliphatic heterocycles. The normalized spacial score (nSPS) is 14.4. The van der Waals surface area contributed by atoms with Gasteiger partial charge in [-0.05, 0) is 55.7 Å². The lowest BCUT2D eigenvalue weighted by Gasteiger charge is -2.22. The van der Waals surface area contributed by atoms with Crippen molar-refractivity contribution in [2.24, 2.45) is 0 Å². The van der Waals surface area contributed by atoms with Gasteiger partial charge in [0.05, 0.1) is 30.5 Å². The number of aryl methyl sites for hydroxylation is 1. The van der Waals surface area contributed by atoms with Crippen molar-refractivity contribution in [2.75, 3.05) is 24.3 Å². The van der Waals surface area contributed by atoms with Crippen molar-refractivity contribution < 1.29 is 40.6 Å². The fraction of sp³-hybridized carbons (Fsp3) is 0.385. The van der Waals surface area contributed by atoms with E-state index in [4.69, 9.17) is 9.47 Å². The minimum atomic E-state index is -5.21. The smallest absolute Gasteiger partial charge is 0.491 e. The summed E-state index contributed by atoms with van der Waals surface area (Å²) in [5, 5.41) is 4.27. The van der Waals surface area contributed by atoms with Gasteiger partial charge < -0.3 is 19.5 Å². The number of hydrogen-bond donors (Lipinski definition) is 2. The number of anilines is 2. The molecule has 0 unspecified atom stereocenters. The maximum absolute atomic E-state index is 13.4. The van der Waals surface area contributed by atoms with E-state index >= 15 is 0 Å². The van der Waals surface area contributed by atoms with Crippen LogP contribution in [0.1, 0.15) is 37.8 Å². The number of carbonyl (C=O) groups excluding carboxylic acids is 1. The highest BCUT2D eigenvalue weighted by Crippen LogP contribution is 2.38. The third-order valence-corrected chi connectivity index (χ3v) is 8.83. The fourth-order valence-corrected chi connectivity index (χ4v) is 6.64. The maximum Gasteiger partial charge on any atom is 0.491 e. The summed E-state index contributed by atoms with van der Waals surface area (Å²) in [7, 11) is -1.77. The van der Waals surface area contributed by atoms with E-state index in [0.717, 1.165) is 53.9 Å². The van der Waals surface area contributed by atoms with E-state index in [2.05, 4.69) is 19.8 Å². The molecule has 3 aromatic rings. The number of sulfonamides is 1. The van der Waals surface area contributed by atoms with Crippen LogP contribution in [-0.2, 0) is 14.8 Å². The SMILES string of the molecule is COc1cc(NS(=O)(=O)c2cc(-c3sc(NC4CCCCC4)nc3C)ccc2OC)ccc1OC(=O)C(F)(F)F. The number of methoxy groups -OCH3 is 2. The molecule has 1 saturated carbocycles. The van der Waals surface area contributed by atoms with Crippen molar-refractivity contribution in [2.45, 2.75) is 56.1 Å². The van der Waals surface area contributed by atoms with Gasteiger partial charge in [0.2, 0.25) is 0 Å². The number of carbonyl (C=O) groups is 1. The topological polar surface area (TPSA) is 116 Å². The first-order valence-electron chi connectivity index (χ1n) is 12.3. The van der Waals surface area contributed by atoms with Gasteiger partial charge in [0.1, 0.15) is 10.6 Å². The van der Waals surface area contributed by atoms with Crippen LogP contribution in [0.3, 0.4) is 0 Å². The van der Waals surface area contributed by atoms with Crippen LogP contribution in [0.15, 0.2) is 41.3 Å². The summed E-state index contributed by atoms with van der Waals surface area (Å²) in [6, 6.07) is 8.37. The second-order valence-electron chi connectivity index (χ2n) is 9.14. The van der Waals surface area contributed by atoms with E-state index in [1.54, 1.807) is 6.07 Å². The molecule has 4 rings (SSSR count). The molecule has 40 heavy (non-hydrogen) atoms. The molecule has 0 atom stereocenters. The Morgan fingerprint density at radius 1 is 1.00 bits per heavy atom. The van der Waals surface area contributed by atoms with Crippen LogP contribution in [-0.4, -0.2) is 45.8 Å². The van der Waals surface area contributed by atoms with Gasteiger partial charge in [-0.25, -0.2) is 18.2 Å². The quantitative estimate of drug-likeness (QED) is 0.222. The lowest BCUT2D eigenvalue weighted by atomic mass is 9.96. The zero-order chi connectivity index (χ0) is 29.1. The van der Waals surface area contributed by atoms with Crippen LogP contribution in [0.2, 0.25) is 0 Å². The predicted molar refractivity (Wildman–Crippen MR) is 145 cm³/mol. The van der Waals surface area contributed by atoms with Crippen LogP contribution in [0.25, 0.3) is 10.4 Å². The molecule has 1 fully saturated rings. The first kappa shape index (κ1) is 29.5. The summed E-state index contributed by atoms with van der Waals surface area (Å²) < 4.78 is 81.6. The minimum Gasteiger partial charge on any atom is -0.495 e. The highest BCUT2D eigenvalue weighted by molar-refractivity contribution is 7.92. The third kappa shape index (κ3) is 6.78. The van der Waals surface area contributed by atoms with Crippen molar-refractivity contribution in [1.82, 2.24) is 4.98 Å². The number of alkyl halides is 3. The van der Waals surface area contributed by atoms with E-state index in [-0.39, 0.29) is 22.1 Å². The fourth-order valence-electron chi connectivity index (χ4n) is 4.36. The largest absolute Gasteiger partial charge is 0.495 e. The molecule has 216 valence electrons. The number of thiazole rings is 1. The highest BCUT2D eigenvalue weighted by atomic mass is 32.2. The molecule has 0 bridgehead atoms. The number of hydrogen-bond acceptors (Lipinski definition) is 9. The maximum atomic E-state index is 13.4. The monoisotopic (exact) mass is 599 g/mol. The molecule has 2 N–H and O–H groups in total. The Bertz CT molecular complexity index is 1490. The van der Waals surface area contributed by atoms with E-state index < -0.39 is 27.9 Å². The average Bonchev–Trinajstić information content (AvgIpc) is 3.28. The molecule has 1 aromatic heterocycles. The first-order chi connectivity index (χ1) is 18.9. The molecular formula is C26H28F3N3O6S2. The van der Waals surface area contributed by atoms with Crippen LogP contribution < -0.4 is 24.2 Å². The molecule has 1 aliphatic carbocycles. The Hall–Kier alpha value is -3.52. The highest BCUT2D eigenvalue weighted by Gasteiger charge is 2.41. The molecule has 0 spiro atoms. The summed E-state index contributed by atoms with van der Waals surface area (Å²) in [5.74, 6) is -3.15. The van der Waals surface area contributed by atoms with Crippen molar-refractivity contribution in [3.05, 3.63) is 42.1 Å². The zero-order valence-corrected chi connectivity index (χ0v) is 23.6.